The van der Waals surface area contributed by atoms with Gasteiger partial charge in [0.15, 0.2) is 5.11 Å². The summed E-state index contributed by atoms with van der Waals surface area (Å²) in [4.78, 5) is 27.0. The molecule has 1 saturated heterocycles. The molecule has 0 bridgehead atoms. The van der Waals surface area contributed by atoms with Crippen molar-refractivity contribution in [3.8, 4) is 5.69 Å². The first-order valence-corrected chi connectivity index (χ1v) is 10.6. The van der Waals surface area contributed by atoms with Gasteiger partial charge in [-0.15, -0.1) is 0 Å². The van der Waals surface area contributed by atoms with Gasteiger partial charge in [-0.25, -0.2) is 0 Å². The minimum Gasteiger partial charge on any atom is -0.308 e. The van der Waals surface area contributed by atoms with Gasteiger partial charge in [0.2, 0.25) is 0 Å². The topological polar surface area (TPSA) is 54.3 Å². The number of thiocarbonyl (C=S) groups is 1. The molecule has 1 aliphatic rings. The Hall–Kier alpha value is -2.84. The van der Waals surface area contributed by atoms with Crippen molar-refractivity contribution >= 4 is 76.3 Å². The molecule has 2 amide bonds. The van der Waals surface area contributed by atoms with Gasteiger partial charge in [-0.2, -0.15) is 0 Å². The van der Waals surface area contributed by atoms with E-state index in [4.69, 9.17) is 47.6 Å². The van der Waals surface area contributed by atoms with E-state index in [1.165, 1.54) is 11.0 Å². The summed E-state index contributed by atoms with van der Waals surface area (Å²) >= 11 is 22.7. The van der Waals surface area contributed by atoms with Crippen molar-refractivity contribution in [3.63, 3.8) is 0 Å². The number of pyridine rings is 1. The normalized spacial score (nSPS) is 15.4. The molecule has 0 saturated carbocycles. The standard InChI is InChI=1S/C22H13Cl2N3O2S2/c23-14-3-7-16(8-4-14)26-11-1-2-13(21(26)30)12-18-19(28)25-22(31)27(20(18)29)17-9-5-15(24)6-10-17/h1-12H,(H,25,28,31). The van der Waals surface area contributed by atoms with Crippen LogP contribution < -0.4 is 10.2 Å². The highest BCUT2D eigenvalue weighted by Crippen LogP contribution is 2.24. The lowest BCUT2D eigenvalue weighted by Gasteiger charge is -2.29. The van der Waals surface area contributed by atoms with E-state index in [0.29, 0.717) is 25.9 Å². The summed E-state index contributed by atoms with van der Waals surface area (Å²) in [5, 5.41) is 3.68. The summed E-state index contributed by atoms with van der Waals surface area (Å²) in [7, 11) is 0. The Balaban J connectivity index is 1.76. The number of hydrogen-bond acceptors (Lipinski definition) is 4. The number of halogens is 2. The van der Waals surface area contributed by atoms with Gasteiger partial charge < -0.3 is 4.57 Å². The van der Waals surface area contributed by atoms with E-state index >= 15 is 0 Å². The van der Waals surface area contributed by atoms with E-state index in [9.17, 15) is 9.59 Å². The van der Waals surface area contributed by atoms with E-state index in [1.54, 1.807) is 59.3 Å². The Morgan fingerprint density at radius 1 is 0.839 bits per heavy atom. The SMILES string of the molecule is O=C1NC(=S)N(c2ccc(Cl)cc2)C(=O)C1=Cc1cccn(-c2ccc(Cl)cc2)c1=S. The van der Waals surface area contributed by atoms with Crippen molar-refractivity contribution in [1.82, 2.24) is 9.88 Å². The predicted octanol–water partition coefficient (Wildman–Crippen LogP) is 5.34. The molecule has 0 spiro atoms. The first-order valence-electron chi connectivity index (χ1n) is 9.00. The van der Waals surface area contributed by atoms with Gasteiger partial charge in [0, 0.05) is 27.5 Å². The van der Waals surface area contributed by atoms with Crippen LogP contribution in [0.2, 0.25) is 10.0 Å². The van der Waals surface area contributed by atoms with Crippen LogP contribution in [0.1, 0.15) is 5.56 Å². The van der Waals surface area contributed by atoms with Crippen LogP contribution in [0.5, 0.6) is 0 Å². The molecular weight excluding hydrogens is 473 g/mol. The summed E-state index contributed by atoms with van der Waals surface area (Å²) in [6.07, 6.45) is 3.27. The van der Waals surface area contributed by atoms with E-state index in [1.807, 2.05) is 12.1 Å². The van der Waals surface area contributed by atoms with Crippen LogP contribution in [0.3, 0.4) is 0 Å². The van der Waals surface area contributed by atoms with E-state index in [2.05, 4.69) is 5.32 Å². The van der Waals surface area contributed by atoms with Crippen LogP contribution in [-0.2, 0) is 9.59 Å². The lowest BCUT2D eigenvalue weighted by atomic mass is 10.1. The first kappa shape index (κ1) is 21.4. The molecule has 1 N–H and O–H groups in total. The summed E-state index contributed by atoms with van der Waals surface area (Å²) < 4.78 is 2.20. The molecule has 5 nitrogen and oxygen atoms in total. The fraction of sp³-hybridized carbons (Fsp3) is 0. The third kappa shape index (κ3) is 4.31. The Morgan fingerprint density at radius 2 is 1.42 bits per heavy atom. The lowest BCUT2D eigenvalue weighted by Crippen LogP contribution is -2.54. The molecule has 9 heteroatoms. The number of carbonyl (C=O) groups excluding carboxylic acids is 2. The van der Waals surface area contributed by atoms with Crippen molar-refractivity contribution in [1.29, 1.82) is 0 Å². The number of carbonyl (C=O) groups is 2. The van der Waals surface area contributed by atoms with Gasteiger partial charge >= 0.3 is 0 Å². The van der Waals surface area contributed by atoms with Gasteiger partial charge in [-0.3, -0.25) is 19.8 Å². The van der Waals surface area contributed by atoms with Crippen LogP contribution in [0.25, 0.3) is 11.8 Å². The summed E-state index contributed by atoms with van der Waals surface area (Å²) in [5.41, 5.74) is 1.75. The van der Waals surface area contributed by atoms with Crippen molar-refractivity contribution in [2.24, 2.45) is 0 Å². The van der Waals surface area contributed by atoms with Gasteiger partial charge in [-0.1, -0.05) is 41.5 Å². The molecule has 2 heterocycles. The molecule has 3 aromatic rings. The van der Waals surface area contributed by atoms with Gasteiger partial charge in [-0.05, 0) is 72.9 Å². The Bertz CT molecular complexity index is 1300. The number of rotatable bonds is 3. The molecule has 0 aliphatic carbocycles. The number of aromatic nitrogens is 1. The average molecular weight is 486 g/mol. The highest BCUT2D eigenvalue weighted by Gasteiger charge is 2.34. The lowest BCUT2D eigenvalue weighted by molar-refractivity contribution is -0.122. The quantitative estimate of drug-likeness (QED) is 0.308. The second kappa shape index (κ2) is 8.72. The molecule has 154 valence electrons. The molecule has 0 radical (unpaired) electrons. The zero-order valence-corrected chi connectivity index (χ0v) is 18.9. The van der Waals surface area contributed by atoms with Crippen molar-refractivity contribution in [2.45, 2.75) is 0 Å². The maximum atomic E-state index is 13.2. The molecule has 4 rings (SSSR count). The number of benzene rings is 2. The van der Waals surface area contributed by atoms with Crippen LogP contribution in [-0.4, -0.2) is 21.5 Å². The van der Waals surface area contributed by atoms with Crippen LogP contribution in [0, 0.1) is 4.64 Å². The minimum atomic E-state index is -0.587. The monoisotopic (exact) mass is 485 g/mol. The highest BCUT2D eigenvalue weighted by molar-refractivity contribution is 7.80. The van der Waals surface area contributed by atoms with E-state index in [-0.39, 0.29) is 10.7 Å². The number of nitrogens with zero attached hydrogens (tertiary/aromatic N) is 2. The van der Waals surface area contributed by atoms with E-state index in [0.717, 1.165) is 5.69 Å². The third-order valence-corrected chi connectivity index (χ3v) is 5.79. The van der Waals surface area contributed by atoms with E-state index < -0.39 is 11.8 Å². The third-order valence-electron chi connectivity index (χ3n) is 4.57. The average Bonchev–Trinajstić information content (AvgIpc) is 2.74. The second-order valence-electron chi connectivity index (χ2n) is 6.55. The van der Waals surface area contributed by atoms with Crippen molar-refractivity contribution in [3.05, 3.63) is 92.7 Å². The van der Waals surface area contributed by atoms with Gasteiger partial charge in [0.05, 0.1) is 5.69 Å². The maximum Gasteiger partial charge on any atom is 0.270 e. The second-order valence-corrected chi connectivity index (χ2v) is 8.20. The van der Waals surface area contributed by atoms with Gasteiger partial charge in [0.1, 0.15) is 10.2 Å². The molecule has 0 unspecified atom stereocenters. The predicted molar refractivity (Wildman–Crippen MR) is 129 cm³/mol. The van der Waals surface area contributed by atoms with Crippen molar-refractivity contribution < 1.29 is 9.59 Å². The Kier molecular flexibility index (Phi) is 6.02. The fourth-order valence-electron chi connectivity index (χ4n) is 3.06. The fourth-order valence-corrected chi connectivity index (χ4v) is 3.89. The zero-order valence-electron chi connectivity index (χ0n) is 15.7. The molecule has 0 atom stereocenters. The molecule has 2 aromatic carbocycles. The van der Waals surface area contributed by atoms with Crippen LogP contribution in [0.15, 0.2) is 72.4 Å². The number of anilines is 1. The number of hydrogen-bond donors (Lipinski definition) is 1. The zero-order chi connectivity index (χ0) is 22.1. The summed E-state index contributed by atoms with van der Waals surface area (Å²) in [6, 6.07) is 17.3. The van der Waals surface area contributed by atoms with Crippen LogP contribution >= 0.6 is 47.6 Å². The highest BCUT2D eigenvalue weighted by atomic mass is 35.5. The molecule has 1 aromatic heterocycles. The molecule has 31 heavy (non-hydrogen) atoms. The molecular formula is C22H13Cl2N3O2S2. The van der Waals surface area contributed by atoms with Crippen LogP contribution in [0.4, 0.5) is 5.69 Å². The maximum absolute atomic E-state index is 13.2. The first-order chi connectivity index (χ1) is 14.8. The smallest absolute Gasteiger partial charge is 0.270 e. The Labute approximate surface area is 198 Å². The molecule has 1 aliphatic heterocycles. The number of amides is 2. The summed E-state index contributed by atoms with van der Waals surface area (Å²) in [5.74, 6) is -1.14. The molecule has 1 fully saturated rings. The summed E-state index contributed by atoms with van der Waals surface area (Å²) in [6.45, 7) is 0. The Morgan fingerprint density at radius 3 is 2.03 bits per heavy atom. The minimum absolute atomic E-state index is 0.00245. The van der Waals surface area contributed by atoms with Gasteiger partial charge in [0.25, 0.3) is 11.8 Å². The van der Waals surface area contributed by atoms with Crippen molar-refractivity contribution in [2.75, 3.05) is 4.90 Å². The number of nitrogens with one attached hydrogen (secondary N) is 1. The largest absolute Gasteiger partial charge is 0.308 e.